The first kappa shape index (κ1) is 23.2. The van der Waals surface area contributed by atoms with Crippen LogP contribution < -0.4 is 9.47 Å². The van der Waals surface area contributed by atoms with Crippen LogP contribution in [0.15, 0.2) is 59.8 Å². The monoisotopic (exact) mass is 466 g/mol. The molecular weight excluding hydrogens is 436 g/mol. The molecule has 3 aromatic rings. The van der Waals surface area contributed by atoms with Crippen LogP contribution in [0.5, 0.6) is 11.5 Å². The summed E-state index contributed by atoms with van der Waals surface area (Å²) in [6, 6.07) is 17.7. The maximum Gasteiger partial charge on any atom is 0.233 e. The van der Waals surface area contributed by atoms with Crippen molar-refractivity contribution >= 4 is 17.7 Å². The van der Waals surface area contributed by atoms with Gasteiger partial charge in [0, 0.05) is 18.3 Å². The first-order chi connectivity index (χ1) is 16.2. The number of piperidine rings is 1. The van der Waals surface area contributed by atoms with E-state index in [1.807, 2.05) is 64.1 Å². The molecule has 0 spiro atoms. The summed E-state index contributed by atoms with van der Waals surface area (Å²) < 4.78 is 13.1. The highest BCUT2D eigenvalue weighted by atomic mass is 32.2. The van der Waals surface area contributed by atoms with Crippen LogP contribution in [0, 0.1) is 0 Å². The Morgan fingerprint density at radius 3 is 2.55 bits per heavy atom. The van der Waals surface area contributed by atoms with Crippen molar-refractivity contribution in [3.05, 3.63) is 60.4 Å². The molecule has 2 heterocycles. The Kier molecular flexibility index (Phi) is 7.88. The minimum absolute atomic E-state index is 0.171. The molecule has 1 fully saturated rings. The van der Waals surface area contributed by atoms with Gasteiger partial charge in [0.1, 0.15) is 18.1 Å². The van der Waals surface area contributed by atoms with Gasteiger partial charge in [-0.15, -0.1) is 10.2 Å². The number of methoxy groups -OCH3 is 1. The Balaban J connectivity index is 1.49. The fourth-order valence-electron chi connectivity index (χ4n) is 4.11. The molecule has 174 valence electrons. The molecular formula is C25H30N4O3S. The van der Waals surface area contributed by atoms with Crippen LogP contribution >= 0.6 is 11.8 Å². The van der Waals surface area contributed by atoms with Crippen molar-refractivity contribution in [1.82, 2.24) is 19.7 Å². The summed E-state index contributed by atoms with van der Waals surface area (Å²) in [6.07, 6.45) is 4.39. The Morgan fingerprint density at radius 1 is 1.06 bits per heavy atom. The summed E-state index contributed by atoms with van der Waals surface area (Å²) in [5.74, 6) is 2.69. The second-order valence-corrected chi connectivity index (χ2v) is 8.91. The third kappa shape index (κ3) is 5.68. The lowest BCUT2D eigenvalue weighted by Gasteiger charge is -2.35. The van der Waals surface area contributed by atoms with Crippen molar-refractivity contribution in [2.24, 2.45) is 0 Å². The number of para-hydroxylation sites is 1. The molecule has 0 bridgehead atoms. The van der Waals surface area contributed by atoms with Crippen molar-refractivity contribution in [2.75, 3.05) is 19.4 Å². The number of thioether (sulfide) groups is 1. The second kappa shape index (κ2) is 11.2. The molecule has 8 heteroatoms. The SMILES string of the molecule is CCC1CCCCN1C(=O)CSc1nnc(COc2ccc(OC)cc2)n1-c1ccccc1. The summed E-state index contributed by atoms with van der Waals surface area (Å²) in [4.78, 5) is 15.0. The molecule has 0 radical (unpaired) electrons. The summed E-state index contributed by atoms with van der Waals surface area (Å²) >= 11 is 1.43. The van der Waals surface area contributed by atoms with Gasteiger partial charge in [0.2, 0.25) is 5.91 Å². The number of nitrogens with zero attached hydrogens (tertiary/aromatic N) is 4. The zero-order chi connectivity index (χ0) is 23.0. The molecule has 0 aliphatic carbocycles. The van der Waals surface area contributed by atoms with Gasteiger partial charge < -0.3 is 14.4 Å². The van der Waals surface area contributed by atoms with Gasteiger partial charge >= 0.3 is 0 Å². The van der Waals surface area contributed by atoms with Crippen LogP contribution in [0.3, 0.4) is 0 Å². The van der Waals surface area contributed by atoms with Crippen LogP contribution in [-0.4, -0.2) is 51.0 Å². The summed E-state index contributed by atoms with van der Waals surface area (Å²) in [5, 5.41) is 9.46. The van der Waals surface area contributed by atoms with Crippen molar-refractivity contribution in [1.29, 1.82) is 0 Å². The van der Waals surface area contributed by atoms with Crippen molar-refractivity contribution in [3.8, 4) is 17.2 Å². The lowest BCUT2D eigenvalue weighted by atomic mass is 10.0. The standard InChI is InChI=1S/C25H30N4O3S/c1-3-19-9-7-8-16-28(19)24(30)18-33-25-27-26-23(29(25)20-10-5-4-6-11-20)17-32-22-14-12-21(31-2)13-15-22/h4-6,10-15,19H,3,7-9,16-18H2,1-2H3. The van der Waals surface area contributed by atoms with Crippen molar-refractivity contribution in [2.45, 2.75) is 50.4 Å². The van der Waals surface area contributed by atoms with E-state index < -0.39 is 0 Å². The van der Waals surface area contributed by atoms with Gasteiger partial charge in [-0.3, -0.25) is 9.36 Å². The van der Waals surface area contributed by atoms with Crippen LogP contribution in [0.2, 0.25) is 0 Å². The van der Waals surface area contributed by atoms with Crippen LogP contribution in [0.1, 0.15) is 38.4 Å². The number of hydrogen-bond donors (Lipinski definition) is 0. The largest absolute Gasteiger partial charge is 0.497 e. The molecule has 0 saturated carbocycles. The Labute approximate surface area is 199 Å². The van der Waals surface area contributed by atoms with E-state index in [1.165, 1.54) is 18.2 Å². The van der Waals surface area contributed by atoms with E-state index in [1.54, 1.807) is 7.11 Å². The van der Waals surface area contributed by atoms with E-state index in [9.17, 15) is 4.79 Å². The minimum atomic E-state index is 0.171. The van der Waals surface area contributed by atoms with E-state index in [2.05, 4.69) is 17.1 Å². The first-order valence-corrected chi connectivity index (χ1v) is 12.4. The molecule has 1 aliphatic rings. The van der Waals surface area contributed by atoms with Gasteiger partial charge in [0.05, 0.1) is 12.9 Å². The fourth-order valence-corrected chi connectivity index (χ4v) is 4.96. The van der Waals surface area contributed by atoms with Gasteiger partial charge in [0.15, 0.2) is 11.0 Å². The van der Waals surface area contributed by atoms with Gasteiger partial charge in [-0.25, -0.2) is 0 Å². The van der Waals surface area contributed by atoms with Gasteiger partial charge in [-0.2, -0.15) is 0 Å². The molecule has 1 saturated heterocycles. The van der Waals surface area contributed by atoms with E-state index in [0.717, 1.165) is 43.0 Å². The third-order valence-corrected chi connectivity index (χ3v) is 6.80. The van der Waals surface area contributed by atoms with E-state index >= 15 is 0 Å². The molecule has 1 atom stereocenters. The molecule has 2 aromatic carbocycles. The number of aromatic nitrogens is 3. The smallest absolute Gasteiger partial charge is 0.233 e. The van der Waals surface area contributed by atoms with Gasteiger partial charge in [-0.05, 0) is 62.1 Å². The summed E-state index contributed by atoms with van der Waals surface area (Å²) in [6.45, 7) is 3.27. The lowest BCUT2D eigenvalue weighted by Crippen LogP contribution is -2.44. The topological polar surface area (TPSA) is 69.5 Å². The predicted molar refractivity (Wildman–Crippen MR) is 129 cm³/mol. The molecule has 1 aliphatic heterocycles. The Morgan fingerprint density at radius 2 is 1.82 bits per heavy atom. The normalized spacial score (nSPS) is 15.9. The first-order valence-electron chi connectivity index (χ1n) is 11.4. The number of benzene rings is 2. The third-order valence-electron chi connectivity index (χ3n) is 5.89. The number of hydrogen-bond acceptors (Lipinski definition) is 6. The maximum absolute atomic E-state index is 13.0. The fraction of sp³-hybridized carbons (Fsp3) is 0.400. The average molecular weight is 467 g/mol. The van der Waals surface area contributed by atoms with Crippen LogP contribution in [-0.2, 0) is 11.4 Å². The van der Waals surface area contributed by atoms with Crippen LogP contribution in [0.4, 0.5) is 0 Å². The maximum atomic E-state index is 13.0. The zero-order valence-electron chi connectivity index (χ0n) is 19.1. The van der Waals surface area contributed by atoms with Crippen LogP contribution in [0.25, 0.3) is 5.69 Å². The number of carbonyl (C=O) groups excluding carboxylic acids is 1. The number of ether oxygens (including phenoxy) is 2. The lowest BCUT2D eigenvalue weighted by molar-refractivity contribution is -0.132. The zero-order valence-corrected chi connectivity index (χ0v) is 20.0. The molecule has 33 heavy (non-hydrogen) atoms. The molecule has 1 amide bonds. The minimum Gasteiger partial charge on any atom is -0.497 e. The Bertz CT molecular complexity index is 1040. The van der Waals surface area contributed by atoms with E-state index in [-0.39, 0.29) is 12.5 Å². The molecule has 4 rings (SSSR count). The quantitative estimate of drug-likeness (QED) is 0.425. The van der Waals surface area contributed by atoms with E-state index in [0.29, 0.717) is 22.8 Å². The number of carbonyl (C=O) groups is 1. The van der Waals surface area contributed by atoms with Gasteiger partial charge in [-0.1, -0.05) is 36.9 Å². The number of likely N-dealkylation sites (tertiary alicyclic amines) is 1. The highest BCUT2D eigenvalue weighted by Gasteiger charge is 2.26. The molecule has 1 unspecified atom stereocenters. The summed E-state index contributed by atoms with van der Waals surface area (Å²) in [5.41, 5.74) is 0.940. The van der Waals surface area contributed by atoms with Crippen molar-refractivity contribution in [3.63, 3.8) is 0 Å². The molecule has 0 N–H and O–H groups in total. The second-order valence-electron chi connectivity index (χ2n) is 7.97. The van der Waals surface area contributed by atoms with Gasteiger partial charge in [0.25, 0.3) is 0 Å². The number of amides is 1. The average Bonchev–Trinajstić information content (AvgIpc) is 3.29. The molecule has 7 nitrogen and oxygen atoms in total. The van der Waals surface area contributed by atoms with Crippen molar-refractivity contribution < 1.29 is 14.3 Å². The highest BCUT2D eigenvalue weighted by molar-refractivity contribution is 7.99. The number of rotatable bonds is 9. The van der Waals surface area contributed by atoms with E-state index in [4.69, 9.17) is 9.47 Å². The summed E-state index contributed by atoms with van der Waals surface area (Å²) in [7, 11) is 1.63. The highest BCUT2D eigenvalue weighted by Crippen LogP contribution is 2.26. The Hall–Kier alpha value is -3.00. The predicted octanol–water partition coefficient (Wildman–Crippen LogP) is 4.74. The molecule has 1 aromatic heterocycles.